The van der Waals surface area contributed by atoms with Crippen molar-refractivity contribution in [3.8, 4) is 0 Å². The molecule has 0 saturated heterocycles. The van der Waals surface area contributed by atoms with Gasteiger partial charge >= 0.3 is 0 Å². The van der Waals surface area contributed by atoms with Crippen molar-refractivity contribution in [2.24, 2.45) is 0 Å². The van der Waals surface area contributed by atoms with Crippen LogP contribution in [0.2, 0.25) is 10.0 Å². The fraction of sp³-hybridized carbons (Fsp3) is 0.0345. The number of carbonyl (C=O) groups excluding carboxylic acids is 2. The molecule has 0 spiro atoms. The Bertz CT molecular complexity index is 1530. The van der Waals surface area contributed by atoms with Crippen molar-refractivity contribution in [1.29, 1.82) is 0 Å². The van der Waals surface area contributed by atoms with Crippen LogP contribution in [-0.2, 0) is 0 Å². The van der Waals surface area contributed by atoms with Crippen LogP contribution < -0.4 is 10.2 Å². The number of Topliss-reactive ketones (excluding diaryl/α,β-unsaturated/α-hetero) is 2. The minimum atomic E-state index is -0.411. The maximum absolute atomic E-state index is 14.0. The second-order valence-electron chi connectivity index (χ2n) is 8.44. The lowest BCUT2D eigenvalue weighted by molar-refractivity contribution is 0.0973. The Morgan fingerprint density at radius 1 is 0.657 bits per heavy atom. The highest BCUT2D eigenvalue weighted by molar-refractivity contribution is 6.31. The fourth-order valence-corrected chi connectivity index (χ4v) is 5.07. The molecule has 170 valence electrons. The number of carbonyl (C=O) groups is 2. The van der Waals surface area contributed by atoms with Crippen LogP contribution >= 0.6 is 23.2 Å². The number of para-hydroxylation sites is 1. The van der Waals surface area contributed by atoms with Gasteiger partial charge in [0.25, 0.3) is 0 Å². The van der Waals surface area contributed by atoms with E-state index in [4.69, 9.17) is 23.2 Å². The fourth-order valence-electron chi connectivity index (χ4n) is 4.81. The molecule has 6 rings (SSSR count). The summed E-state index contributed by atoms with van der Waals surface area (Å²) in [5.41, 5.74) is 4.67. The lowest BCUT2D eigenvalue weighted by atomic mass is 9.88. The van der Waals surface area contributed by atoms with Crippen molar-refractivity contribution in [3.05, 3.63) is 141 Å². The van der Waals surface area contributed by atoms with Gasteiger partial charge in [0.1, 0.15) is 11.4 Å². The maximum Gasteiger partial charge on any atom is 0.212 e. The van der Waals surface area contributed by atoms with Crippen molar-refractivity contribution in [1.82, 2.24) is 0 Å². The van der Waals surface area contributed by atoms with Gasteiger partial charge in [0.05, 0.1) is 6.04 Å². The van der Waals surface area contributed by atoms with Crippen molar-refractivity contribution in [2.45, 2.75) is 6.04 Å². The van der Waals surface area contributed by atoms with E-state index < -0.39 is 6.04 Å². The zero-order valence-electron chi connectivity index (χ0n) is 18.3. The van der Waals surface area contributed by atoms with Crippen molar-refractivity contribution in [3.63, 3.8) is 0 Å². The number of hydrogen-bond acceptors (Lipinski definition) is 4. The van der Waals surface area contributed by atoms with Crippen LogP contribution in [0.3, 0.4) is 0 Å². The van der Waals surface area contributed by atoms with Crippen LogP contribution in [0.1, 0.15) is 37.9 Å². The number of ketones is 2. The third-order valence-electron chi connectivity index (χ3n) is 6.40. The molecule has 0 saturated carbocycles. The average Bonchev–Trinajstić information content (AvgIpc) is 3.03. The molecule has 2 aliphatic rings. The Labute approximate surface area is 212 Å². The molecule has 35 heavy (non-hydrogen) atoms. The summed E-state index contributed by atoms with van der Waals surface area (Å²) in [6.45, 7) is 0. The highest BCUT2D eigenvalue weighted by atomic mass is 35.5. The van der Waals surface area contributed by atoms with Gasteiger partial charge in [0, 0.05) is 38.1 Å². The zero-order chi connectivity index (χ0) is 24.1. The predicted octanol–water partition coefficient (Wildman–Crippen LogP) is 7.31. The Hall–Kier alpha value is -3.86. The van der Waals surface area contributed by atoms with E-state index >= 15 is 0 Å². The number of hydrogen-bond donors (Lipinski definition) is 1. The van der Waals surface area contributed by atoms with E-state index in [0.29, 0.717) is 26.9 Å². The molecule has 4 aromatic carbocycles. The summed E-state index contributed by atoms with van der Waals surface area (Å²) in [7, 11) is 0. The summed E-state index contributed by atoms with van der Waals surface area (Å²) < 4.78 is 0. The summed E-state index contributed by atoms with van der Waals surface area (Å²) in [6.07, 6.45) is 0. The molecule has 1 unspecified atom stereocenters. The molecule has 4 nitrogen and oxygen atoms in total. The van der Waals surface area contributed by atoms with Crippen molar-refractivity contribution >= 4 is 46.1 Å². The summed E-state index contributed by atoms with van der Waals surface area (Å²) in [4.78, 5) is 29.7. The van der Waals surface area contributed by atoms with Gasteiger partial charge < -0.3 is 10.2 Å². The Morgan fingerprint density at radius 3 is 1.91 bits per heavy atom. The molecule has 0 aromatic heterocycles. The van der Waals surface area contributed by atoms with Gasteiger partial charge in [-0.1, -0.05) is 77.8 Å². The molecule has 1 heterocycles. The van der Waals surface area contributed by atoms with E-state index in [1.54, 1.807) is 36.4 Å². The first-order valence-corrected chi connectivity index (χ1v) is 11.9. The van der Waals surface area contributed by atoms with E-state index in [9.17, 15) is 9.59 Å². The zero-order valence-corrected chi connectivity index (χ0v) is 19.8. The molecular weight excluding hydrogens is 479 g/mol. The Kier molecular flexibility index (Phi) is 5.21. The molecule has 0 bridgehead atoms. The lowest BCUT2D eigenvalue weighted by Crippen LogP contribution is -2.37. The number of fused-ring (bicyclic) bond motifs is 2. The minimum Gasteiger partial charge on any atom is -0.350 e. The Morgan fingerprint density at radius 2 is 1.23 bits per heavy atom. The molecular formula is C29H18Cl2N2O2. The minimum absolute atomic E-state index is 0.218. The first-order valence-electron chi connectivity index (χ1n) is 11.1. The first-order chi connectivity index (χ1) is 17.0. The van der Waals surface area contributed by atoms with E-state index in [1.807, 2.05) is 65.6 Å². The first kappa shape index (κ1) is 21.7. The molecule has 0 radical (unpaired) electrons. The van der Waals surface area contributed by atoms with Crippen LogP contribution in [0, 0.1) is 0 Å². The molecule has 1 atom stereocenters. The number of nitrogens with one attached hydrogen (secondary N) is 1. The second kappa shape index (κ2) is 8.42. The molecule has 1 aliphatic carbocycles. The summed E-state index contributed by atoms with van der Waals surface area (Å²) >= 11 is 12.4. The molecule has 1 N–H and O–H groups in total. The molecule has 1 aliphatic heterocycles. The molecule has 6 heteroatoms. The van der Waals surface area contributed by atoms with Gasteiger partial charge in [-0.2, -0.15) is 0 Å². The van der Waals surface area contributed by atoms with Crippen LogP contribution in [0.4, 0.5) is 11.4 Å². The van der Waals surface area contributed by atoms with E-state index in [2.05, 4.69) is 5.32 Å². The number of nitrogens with zero attached hydrogens (tertiary/aromatic N) is 1. The summed E-state index contributed by atoms with van der Waals surface area (Å²) in [6, 6.07) is 29.2. The van der Waals surface area contributed by atoms with Crippen LogP contribution in [-0.4, -0.2) is 11.6 Å². The number of anilines is 2. The van der Waals surface area contributed by atoms with Gasteiger partial charge in [-0.05, 0) is 48.0 Å². The van der Waals surface area contributed by atoms with Crippen molar-refractivity contribution in [2.75, 3.05) is 10.2 Å². The highest BCUT2D eigenvalue weighted by Crippen LogP contribution is 2.45. The maximum atomic E-state index is 14.0. The average molecular weight is 497 g/mol. The standard InChI is InChI=1S/C29H18Cl2N2O2/c30-18-11-9-17(10-12-18)26-23-7-3-4-8-24(23)32-25-27(33(26)20-15-13-19(31)14-16-20)29(35)22-6-2-1-5-21(22)28(25)34/h1-16,26,32H. The predicted molar refractivity (Wildman–Crippen MR) is 139 cm³/mol. The topological polar surface area (TPSA) is 49.4 Å². The number of rotatable bonds is 2. The number of benzene rings is 4. The third-order valence-corrected chi connectivity index (χ3v) is 6.90. The number of allylic oxidation sites excluding steroid dienone is 2. The highest BCUT2D eigenvalue weighted by Gasteiger charge is 2.41. The van der Waals surface area contributed by atoms with Crippen molar-refractivity contribution < 1.29 is 9.59 Å². The van der Waals surface area contributed by atoms with E-state index in [1.165, 1.54) is 0 Å². The van der Waals surface area contributed by atoms with Gasteiger partial charge in [0.15, 0.2) is 0 Å². The molecule has 4 aromatic rings. The monoisotopic (exact) mass is 496 g/mol. The van der Waals surface area contributed by atoms with Gasteiger partial charge in [-0.15, -0.1) is 0 Å². The van der Waals surface area contributed by atoms with Crippen LogP contribution in [0.25, 0.3) is 0 Å². The molecule has 0 amide bonds. The van der Waals surface area contributed by atoms with Crippen LogP contribution in [0.15, 0.2) is 108 Å². The largest absolute Gasteiger partial charge is 0.350 e. The second-order valence-corrected chi connectivity index (χ2v) is 9.31. The summed E-state index contributed by atoms with van der Waals surface area (Å²) in [5.74, 6) is -0.440. The normalized spacial score (nSPS) is 16.7. The quantitative estimate of drug-likeness (QED) is 0.316. The van der Waals surface area contributed by atoms with E-state index in [0.717, 1.165) is 22.5 Å². The van der Waals surface area contributed by atoms with Crippen LogP contribution in [0.5, 0.6) is 0 Å². The summed E-state index contributed by atoms with van der Waals surface area (Å²) in [5, 5.41) is 4.51. The lowest BCUT2D eigenvalue weighted by Gasteiger charge is -2.36. The van der Waals surface area contributed by atoms with Gasteiger partial charge in [0.2, 0.25) is 11.6 Å². The Balaban J connectivity index is 1.69. The van der Waals surface area contributed by atoms with Gasteiger partial charge in [-0.25, -0.2) is 0 Å². The SMILES string of the molecule is O=C1C2=C(C(=O)c3ccccc31)N(c1ccc(Cl)cc1)C(c1ccc(Cl)cc1)c1ccccc1N2. The van der Waals surface area contributed by atoms with E-state index in [-0.39, 0.29) is 17.3 Å². The molecule has 0 fully saturated rings. The third kappa shape index (κ3) is 3.54. The smallest absolute Gasteiger partial charge is 0.212 e. The van der Waals surface area contributed by atoms with Gasteiger partial charge in [-0.3, -0.25) is 9.59 Å². The number of halogens is 2.